The summed E-state index contributed by atoms with van der Waals surface area (Å²) >= 11 is 1.81. The molecule has 4 nitrogen and oxygen atoms in total. The Hall–Kier alpha value is -1.88. The molecule has 1 unspecified atom stereocenters. The molecule has 0 amide bonds. The number of hydrogen-bond donors (Lipinski definition) is 2. The third-order valence-corrected chi connectivity index (χ3v) is 4.38. The third-order valence-electron chi connectivity index (χ3n) is 3.38. The van der Waals surface area contributed by atoms with E-state index in [0.717, 1.165) is 18.7 Å². The third kappa shape index (κ3) is 2.46. The standard InChI is InChI=1S/C14H14N2O2S/c17-14(18)9-4-5-13(15-8-9)16-11-2-1-3-12-10(11)6-7-19-12/h4-8,11H,1-3H2,(H,15,16)(H,17,18). The summed E-state index contributed by atoms with van der Waals surface area (Å²) in [5.74, 6) is -0.217. The van der Waals surface area contributed by atoms with E-state index in [2.05, 4.69) is 21.7 Å². The normalized spacial score (nSPS) is 17.8. The number of aromatic carboxylic acids is 1. The van der Waals surface area contributed by atoms with E-state index in [1.807, 2.05) is 11.3 Å². The summed E-state index contributed by atoms with van der Waals surface area (Å²) in [7, 11) is 0. The molecular formula is C14H14N2O2S. The molecule has 0 fully saturated rings. The highest BCUT2D eigenvalue weighted by Gasteiger charge is 2.21. The van der Waals surface area contributed by atoms with E-state index in [0.29, 0.717) is 0 Å². The van der Waals surface area contributed by atoms with E-state index < -0.39 is 5.97 Å². The van der Waals surface area contributed by atoms with Gasteiger partial charge in [-0.05, 0) is 48.4 Å². The summed E-state index contributed by atoms with van der Waals surface area (Å²) in [6.45, 7) is 0. The van der Waals surface area contributed by atoms with Crippen molar-refractivity contribution in [1.82, 2.24) is 4.98 Å². The Balaban J connectivity index is 1.78. The van der Waals surface area contributed by atoms with E-state index in [1.165, 1.54) is 23.1 Å². The first-order valence-corrected chi connectivity index (χ1v) is 7.14. The number of pyridine rings is 1. The Morgan fingerprint density at radius 2 is 2.32 bits per heavy atom. The Morgan fingerprint density at radius 1 is 1.42 bits per heavy atom. The molecule has 5 heteroatoms. The van der Waals surface area contributed by atoms with Gasteiger partial charge < -0.3 is 10.4 Å². The highest BCUT2D eigenvalue weighted by molar-refractivity contribution is 7.10. The van der Waals surface area contributed by atoms with E-state index in [-0.39, 0.29) is 11.6 Å². The van der Waals surface area contributed by atoms with Gasteiger partial charge in [0.1, 0.15) is 5.82 Å². The van der Waals surface area contributed by atoms with Gasteiger partial charge in [0.25, 0.3) is 0 Å². The minimum Gasteiger partial charge on any atom is -0.478 e. The Bertz CT molecular complexity index is 592. The molecule has 0 saturated heterocycles. The monoisotopic (exact) mass is 274 g/mol. The van der Waals surface area contributed by atoms with Crippen molar-refractivity contribution in [2.24, 2.45) is 0 Å². The highest BCUT2D eigenvalue weighted by atomic mass is 32.1. The van der Waals surface area contributed by atoms with Crippen LogP contribution in [0.2, 0.25) is 0 Å². The van der Waals surface area contributed by atoms with Crippen LogP contribution in [0.5, 0.6) is 0 Å². The van der Waals surface area contributed by atoms with E-state index in [1.54, 1.807) is 12.1 Å². The second kappa shape index (κ2) is 5.01. The molecule has 0 aromatic carbocycles. The molecule has 0 radical (unpaired) electrons. The second-order valence-electron chi connectivity index (χ2n) is 4.63. The number of rotatable bonds is 3. The lowest BCUT2D eigenvalue weighted by molar-refractivity contribution is 0.0696. The number of carboxylic acids is 1. The molecule has 2 aromatic rings. The van der Waals surface area contributed by atoms with Crippen LogP contribution in [0.15, 0.2) is 29.8 Å². The topological polar surface area (TPSA) is 62.2 Å². The van der Waals surface area contributed by atoms with Crippen LogP contribution < -0.4 is 5.32 Å². The van der Waals surface area contributed by atoms with E-state index in [4.69, 9.17) is 5.11 Å². The quantitative estimate of drug-likeness (QED) is 0.901. The van der Waals surface area contributed by atoms with Crippen LogP contribution in [0, 0.1) is 0 Å². The lowest BCUT2D eigenvalue weighted by Crippen LogP contribution is -2.16. The van der Waals surface area contributed by atoms with Gasteiger partial charge in [-0.1, -0.05) is 0 Å². The summed E-state index contributed by atoms with van der Waals surface area (Å²) in [5, 5.41) is 14.4. The zero-order valence-corrected chi connectivity index (χ0v) is 11.1. The van der Waals surface area contributed by atoms with Crippen LogP contribution in [0.1, 0.15) is 39.7 Å². The molecule has 2 heterocycles. The van der Waals surface area contributed by atoms with Crippen molar-refractivity contribution in [3.8, 4) is 0 Å². The fourth-order valence-electron chi connectivity index (χ4n) is 2.42. The molecule has 0 bridgehead atoms. The van der Waals surface area contributed by atoms with Crippen LogP contribution in [0.4, 0.5) is 5.82 Å². The predicted octanol–water partition coefficient (Wildman–Crippen LogP) is 3.33. The molecule has 98 valence electrons. The van der Waals surface area contributed by atoms with Crippen molar-refractivity contribution in [3.63, 3.8) is 0 Å². The maximum Gasteiger partial charge on any atom is 0.337 e. The van der Waals surface area contributed by atoms with Crippen molar-refractivity contribution >= 4 is 23.1 Å². The number of nitrogens with one attached hydrogen (secondary N) is 1. The number of fused-ring (bicyclic) bond motifs is 1. The SMILES string of the molecule is O=C(O)c1ccc(NC2CCCc3sccc32)nc1. The van der Waals surface area contributed by atoms with Gasteiger partial charge in [-0.25, -0.2) is 9.78 Å². The Kier molecular flexibility index (Phi) is 3.21. The summed E-state index contributed by atoms with van der Waals surface area (Å²) in [5.41, 5.74) is 1.57. The fraction of sp³-hybridized carbons (Fsp3) is 0.286. The number of carbonyl (C=O) groups is 1. The van der Waals surface area contributed by atoms with Crippen molar-refractivity contribution < 1.29 is 9.90 Å². The fourth-order valence-corrected chi connectivity index (χ4v) is 3.41. The van der Waals surface area contributed by atoms with E-state index >= 15 is 0 Å². The average molecular weight is 274 g/mol. The van der Waals surface area contributed by atoms with Gasteiger partial charge in [0.2, 0.25) is 0 Å². The summed E-state index contributed by atoms with van der Waals surface area (Å²) < 4.78 is 0. The summed E-state index contributed by atoms with van der Waals surface area (Å²) in [6.07, 6.45) is 4.82. The first kappa shape index (κ1) is 12.2. The number of thiophene rings is 1. The van der Waals surface area contributed by atoms with Crippen LogP contribution in [-0.4, -0.2) is 16.1 Å². The highest BCUT2D eigenvalue weighted by Crippen LogP contribution is 2.35. The number of anilines is 1. The second-order valence-corrected chi connectivity index (χ2v) is 5.63. The van der Waals surface area contributed by atoms with Crippen molar-refractivity contribution in [1.29, 1.82) is 0 Å². The lowest BCUT2D eigenvalue weighted by atomic mass is 9.94. The van der Waals surface area contributed by atoms with Gasteiger partial charge in [-0.15, -0.1) is 11.3 Å². The van der Waals surface area contributed by atoms with Gasteiger partial charge >= 0.3 is 5.97 Å². The minimum absolute atomic E-state index is 0.213. The van der Waals surface area contributed by atoms with Gasteiger partial charge in [0.15, 0.2) is 0 Å². The molecule has 1 aliphatic rings. The van der Waals surface area contributed by atoms with E-state index in [9.17, 15) is 4.79 Å². The average Bonchev–Trinajstić information content (AvgIpc) is 2.89. The van der Waals surface area contributed by atoms with Gasteiger partial charge in [-0.2, -0.15) is 0 Å². The van der Waals surface area contributed by atoms with Crippen LogP contribution in [0.3, 0.4) is 0 Å². The molecule has 1 atom stereocenters. The zero-order valence-electron chi connectivity index (χ0n) is 10.3. The maximum atomic E-state index is 10.8. The lowest BCUT2D eigenvalue weighted by Gasteiger charge is -2.24. The van der Waals surface area contributed by atoms with Crippen LogP contribution in [-0.2, 0) is 6.42 Å². The molecule has 3 rings (SSSR count). The molecule has 0 aliphatic heterocycles. The first-order valence-electron chi connectivity index (χ1n) is 6.26. The molecule has 2 aromatic heterocycles. The number of nitrogens with zero attached hydrogens (tertiary/aromatic N) is 1. The number of aryl methyl sites for hydroxylation is 1. The van der Waals surface area contributed by atoms with Gasteiger partial charge in [0, 0.05) is 11.1 Å². The van der Waals surface area contributed by atoms with Crippen molar-refractivity contribution in [2.45, 2.75) is 25.3 Å². The molecule has 2 N–H and O–H groups in total. The Morgan fingerprint density at radius 3 is 3.05 bits per heavy atom. The summed E-state index contributed by atoms with van der Waals surface area (Å²) in [6, 6.07) is 5.76. The molecule has 0 spiro atoms. The molecule has 19 heavy (non-hydrogen) atoms. The van der Waals surface area contributed by atoms with Crippen molar-refractivity contribution in [3.05, 3.63) is 45.8 Å². The van der Waals surface area contributed by atoms with Crippen LogP contribution in [0.25, 0.3) is 0 Å². The predicted molar refractivity (Wildman–Crippen MR) is 74.8 cm³/mol. The summed E-state index contributed by atoms with van der Waals surface area (Å²) in [4.78, 5) is 16.4. The van der Waals surface area contributed by atoms with Crippen LogP contribution >= 0.6 is 11.3 Å². The first-order chi connectivity index (χ1) is 9.24. The largest absolute Gasteiger partial charge is 0.478 e. The number of hydrogen-bond acceptors (Lipinski definition) is 4. The van der Waals surface area contributed by atoms with Gasteiger partial charge in [-0.3, -0.25) is 0 Å². The molecular weight excluding hydrogens is 260 g/mol. The van der Waals surface area contributed by atoms with Gasteiger partial charge in [0.05, 0.1) is 11.6 Å². The number of carboxylic acid groups (broad SMARTS) is 1. The minimum atomic E-state index is -0.947. The zero-order chi connectivity index (χ0) is 13.2. The molecule has 1 aliphatic carbocycles. The maximum absolute atomic E-state index is 10.8. The smallest absolute Gasteiger partial charge is 0.337 e. The molecule has 0 saturated carbocycles. The number of aromatic nitrogens is 1. The van der Waals surface area contributed by atoms with Crippen molar-refractivity contribution in [2.75, 3.05) is 5.32 Å². The Labute approximate surface area is 115 Å².